The molecule has 14 nitrogen and oxygen atoms in total. The van der Waals surface area contributed by atoms with E-state index in [2.05, 4.69) is 117 Å². The number of fused-ring (bicyclic) bond motifs is 4. The van der Waals surface area contributed by atoms with Gasteiger partial charge in [-0.15, -0.1) is 0 Å². The van der Waals surface area contributed by atoms with Crippen molar-refractivity contribution >= 4 is 67.3 Å². The van der Waals surface area contributed by atoms with Gasteiger partial charge in [0.25, 0.3) is 0 Å². The molecule has 0 saturated carbocycles. The Bertz CT molecular complexity index is 2410. The van der Waals surface area contributed by atoms with E-state index in [1.165, 1.54) is 4.90 Å². The second-order valence-corrected chi connectivity index (χ2v) is 19.3. The molecule has 6 aliphatic rings. The summed E-state index contributed by atoms with van der Waals surface area (Å²) < 4.78 is 15.1. The maximum Gasteiger partial charge on any atom is 0.234 e. The molecule has 356 valence electrons. The lowest BCUT2D eigenvalue weighted by Crippen LogP contribution is -3.14. The number of carbonyl (C=O) groups is 2. The standard InChI is InChI=1S/C48H62N10O4S2.2BrH/c1-5-55(6-2)35-9-13-39-43(29-35)61-45-31-37(11-15-41(45)51-39)57-23-19-53(20-24-57)33-47(59)49-17-27-63-64-28-18-50-48(60)34-54-21-25-58(26-22-54)38-12-16-42-46(32-38)62-44-30-36(56(7-3)8-4)10-14-40(44)52-42;;/h9-16,29-32,35H,5-8,17-28,33-34H2,1-4H3,(H-,49,50,59,60);2*1H. The lowest BCUT2D eigenvalue weighted by molar-refractivity contribution is -0.908. The van der Waals surface area contributed by atoms with Crippen molar-refractivity contribution < 1.29 is 57.6 Å². The van der Waals surface area contributed by atoms with Crippen LogP contribution < -0.4 is 74.0 Å². The lowest BCUT2D eigenvalue weighted by atomic mass is 10.0. The predicted octanol–water partition coefficient (Wildman–Crippen LogP) is -2.48. The molecule has 2 aromatic rings. The third-order valence-electron chi connectivity index (χ3n) is 12.6. The van der Waals surface area contributed by atoms with Gasteiger partial charge in [0, 0.05) is 99.5 Å². The maximum absolute atomic E-state index is 12.8. The molecule has 0 bridgehead atoms. The SMILES string of the molecule is CCN(CC)c1ccc2nc3ccc(=[N+]4CCN(CC(=O)NCCSSCCNC(=O)CN5CCN(c6ccc7c(c6)OC6=CC([NH+](CC)CC)C=CC6=N7)CC5)CC4)cc-3oc2c1.[Br-].[Br-]. The average Bonchev–Trinajstić information content (AvgIpc) is 3.32. The molecule has 3 N–H and O–H groups in total. The van der Waals surface area contributed by atoms with E-state index >= 15 is 0 Å². The van der Waals surface area contributed by atoms with Crippen molar-refractivity contribution in [3.63, 3.8) is 0 Å². The van der Waals surface area contributed by atoms with Gasteiger partial charge in [0.15, 0.2) is 35.9 Å². The van der Waals surface area contributed by atoms with Crippen LogP contribution in [0.3, 0.4) is 0 Å². The number of nitrogens with one attached hydrogen (secondary N) is 3. The molecule has 8 rings (SSSR count). The number of likely N-dealkylation sites (N-methyl/N-ethyl adjacent to an activating group) is 1. The van der Waals surface area contributed by atoms with Crippen LogP contribution >= 0.6 is 21.6 Å². The van der Waals surface area contributed by atoms with Gasteiger partial charge in [-0.1, -0.05) is 21.6 Å². The van der Waals surface area contributed by atoms with E-state index in [1.54, 1.807) is 21.6 Å². The average molecular weight is 1070 g/mol. The summed E-state index contributed by atoms with van der Waals surface area (Å²) in [4.78, 5) is 45.8. The summed E-state index contributed by atoms with van der Waals surface area (Å²) in [5.41, 5.74) is 6.49. The van der Waals surface area contributed by atoms with E-state index in [-0.39, 0.29) is 45.8 Å². The van der Waals surface area contributed by atoms with Crippen molar-refractivity contribution in [2.45, 2.75) is 33.7 Å². The Morgan fingerprint density at radius 1 is 0.833 bits per heavy atom. The molecule has 2 fully saturated rings. The summed E-state index contributed by atoms with van der Waals surface area (Å²) >= 11 is 0. The minimum absolute atomic E-state index is 0. The summed E-state index contributed by atoms with van der Waals surface area (Å²) in [6, 6.07) is 19.0. The fourth-order valence-electron chi connectivity index (χ4n) is 8.87. The highest BCUT2D eigenvalue weighted by atomic mass is 79.9. The van der Waals surface area contributed by atoms with Gasteiger partial charge in [0.2, 0.25) is 17.2 Å². The first-order chi connectivity index (χ1) is 31.3. The molecule has 4 heterocycles. The molecule has 2 aromatic carbocycles. The number of carbonyl (C=O) groups excluding carboxylic acids is 2. The Balaban J connectivity index is 0.00000360. The molecule has 0 radical (unpaired) electrons. The van der Waals surface area contributed by atoms with Crippen molar-refractivity contribution in [1.29, 1.82) is 0 Å². The fraction of sp³-hybridized carbons (Fsp3) is 0.479. The zero-order valence-electron chi connectivity index (χ0n) is 38.6. The highest BCUT2D eigenvalue weighted by Gasteiger charge is 2.27. The topological polar surface area (TPSA) is 126 Å². The summed E-state index contributed by atoms with van der Waals surface area (Å²) in [7, 11) is 3.45. The highest BCUT2D eigenvalue weighted by molar-refractivity contribution is 8.76. The predicted molar refractivity (Wildman–Crippen MR) is 262 cm³/mol. The van der Waals surface area contributed by atoms with Crippen LogP contribution in [0.1, 0.15) is 27.7 Å². The first-order valence-electron chi connectivity index (χ1n) is 23.1. The van der Waals surface area contributed by atoms with Crippen LogP contribution in [0.5, 0.6) is 5.75 Å². The second-order valence-electron chi connectivity index (χ2n) is 16.6. The highest BCUT2D eigenvalue weighted by Crippen LogP contribution is 2.38. The number of hydrogen-bond acceptors (Lipinski definition) is 12. The summed E-state index contributed by atoms with van der Waals surface area (Å²) in [5, 5.41) is 7.27. The minimum atomic E-state index is 0. The van der Waals surface area contributed by atoms with E-state index in [0.717, 1.165) is 152 Å². The largest absolute Gasteiger partial charge is 1.00 e. The summed E-state index contributed by atoms with van der Waals surface area (Å²) in [6.45, 7) is 21.4. The van der Waals surface area contributed by atoms with Gasteiger partial charge in [-0.2, -0.15) is 0 Å². The summed E-state index contributed by atoms with van der Waals surface area (Å²) in [5.74, 6) is 4.17. The second kappa shape index (κ2) is 24.9. The smallest absolute Gasteiger partial charge is 0.234 e. The molecule has 2 aliphatic carbocycles. The lowest BCUT2D eigenvalue weighted by Gasteiger charge is -2.36. The number of ether oxygens (including phenoxy) is 1. The molecule has 18 heteroatoms. The number of hydrogen-bond donors (Lipinski definition) is 3. The first kappa shape index (κ1) is 51.5. The van der Waals surface area contributed by atoms with Crippen LogP contribution in [0.2, 0.25) is 0 Å². The Kier molecular flexibility index (Phi) is 19.4. The van der Waals surface area contributed by atoms with Gasteiger partial charge >= 0.3 is 0 Å². The third-order valence-corrected chi connectivity index (χ3v) is 15.0. The van der Waals surface area contributed by atoms with Gasteiger partial charge in [0.05, 0.1) is 45.3 Å². The Morgan fingerprint density at radius 2 is 1.52 bits per heavy atom. The molecular weight excluding hydrogens is 1000 g/mol. The normalized spacial score (nSPS) is 17.3. The number of rotatable bonds is 18. The van der Waals surface area contributed by atoms with Gasteiger partial charge < -0.3 is 68.5 Å². The van der Waals surface area contributed by atoms with Crippen LogP contribution in [-0.4, -0.2) is 155 Å². The summed E-state index contributed by atoms with van der Waals surface area (Å²) in [6.07, 6.45) is 6.53. The number of benzene rings is 3. The maximum atomic E-state index is 12.8. The first-order valence-corrected chi connectivity index (χ1v) is 25.6. The van der Waals surface area contributed by atoms with Gasteiger partial charge in [-0.25, -0.2) is 14.6 Å². The van der Waals surface area contributed by atoms with Crippen molar-refractivity contribution in [2.75, 3.05) is 126 Å². The van der Waals surface area contributed by atoms with Gasteiger partial charge in [-0.3, -0.25) is 19.4 Å². The molecule has 2 amide bonds. The number of allylic oxidation sites excluding steroid dienone is 1. The quantitative estimate of drug-likeness (QED) is 0.0426. The number of anilines is 2. The number of aliphatic imine (C=N–C) groups is 1. The molecule has 1 unspecified atom stereocenters. The van der Waals surface area contributed by atoms with Crippen molar-refractivity contribution in [1.82, 2.24) is 30.0 Å². The zero-order chi connectivity index (χ0) is 44.4. The van der Waals surface area contributed by atoms with Crippen molar-refractivity contribution in [3.8, 4) is 17.2 Å². The number of aromatic nitrogens is 1. The molecular formula is C48H64Br2N10O4S2. The van der Waals surface area contributed by atoms with E-state index in [9.17, 15) is 9.59 Å². The van der Waals surface area contributed by atoms with Crippen LogP contribution in [0.15, 0.2) is 88.0 Å². The number of quaternary nitrogens is 1. The monoisotopic (exact) mass is 1070 g/mol. The van der Waals surface area contributed by atoms with Crippen LogP contribution in [0.4, 0.5) is 17.1 Å². The molecule has 1 atom stereocenters. The molecule has 2 saturated heterocycles. The van der Waals surface area contributed by atoms with Crippen LogP contribution in [0, 0.1) is 0 Å². The number of piperazine rings is 2. The van der Waals surface area contributed by atoms with Crippen LogP contribution in [-0.2, 0) is 9.59 Å². The Morgan fingerprint density at radius 3 is 2.18 bits per heavy atom. The van der Waals surface area contributed by atoms with Crippen molar-refractivity contribution in [3.05, 3.63) is 83.9 Å². The molecule has 66 heavy (non-hydrogen) atoms. The number of amides is 2. The molecule has 0 spiro atoms. The van der Waals surface area contributed by atoms with Gasteiger partial charge in [0.1, 0.15) is 28.7 Å². The Hall–Kier alpha value is -3.91. The Labute approximate surface area is 418 Å². The number of halogens is 2. The number of nitrogens with zero attached hydrogens (tertiary/aromatic N) is 7. The van der Waals surface area contributed by atoms with Crippen molar-refractivity contribution in [2.24, 2.45) is 4.99 Å². The third kappa shape index (κ3) is 13.0. The molecule has 4 aliphatic heterocycles. The van der Waals surface area contributed by atoms with E-state index < -0.39 is 0 Å². The van der Waals surface area contributed by atoms with E-state index in [1.807, 2.05) is 18.2 Å². The molecule has 0 aromatic heterocycles. The minimum Gasteiger partial charge on any atom is -1.00 e. The van der Waals surface area contributed by atoms with Gasteiger partial charge in [-0.05, 0) is 70.2 Å². The van der Waals surface area contributed by atoms with Crippen LogP contribution in [0.25, 0.3) is 22.6 Å². The zero-order valence-corrected chi connectivity index (χ0v) is 43.4. The van der Waals surface area contributed by atoms with E-state index in [4.69, 9.17) is 19.1 Å². The fourth-order valence-corrected chi connectivity index (χ4v) is 10.7. The van der Waals surface area contributed by atoms with E-state index in [0.29, 0.717) is 32.2 Å².